The highest BCUT2D eigenvalue weighted by Gasteiger charge is 2.31. The largest absolute Gasteiger partial charge is 0.451 e. The molecule has 2 aliphatic rings. The molecule has 0 spiro atoms. The number of benzene rings is 1. The third kappa shape index (κ3) is 5.29. The minimum absolute atomic E-state index is 0.00662. The Bertz CT molecular complexity index is 1100. The van der Waals surface area contributed by atoms with Crippen LogP contribution >= 0.6 is 11.8 Å². The highest BCUT2D eigenvalue weighted by Crippen LogP contribution is 2.32. The van der Waals surface area contributed by atoms with E-state index in [4.69, 9.17) is 9.15 Å². The number of furan rings is 1. The van der Waals surface area contributed by atoms with Crippen molar-refractivity contribution in [2.24, 2.45) is 5.92 Å². The fraction of sp³-hybridized carbons (Fsp3) is 0.500. The normalized spacial score (nSPS) is 22.4. The van der Waals surface area contributed by atoms with Crippen LogP contribution in [0.3, 0.4) is 0 Å². The lowest BCUT2D eigenvalue weighted by Crippen LogP contribution is -2.48. The number of aromatic nitrogens is 2. The van der Waals surface area contributed by atoms with Gasteiger partial charge in [0.15, 0.2) is 10.9 Å². The first kappa shape index (κ1) is 23.3. The summed E-state index contributed by atoms with van der Waals surface area (Å²) in [6.45, 7) is 8.91. The molecule has 2 atom stereocenters. The zero-order valence-corrected chi connectivity index (χ0v) is 20.7. The number of morpholine rings is 1. The maximum atomic E-state index is 13.5. The van der Waals surface area contributed by atoms with E-state index in [0.717, 1.165) is 62.1 Å². The van der Waals surface area contributed by atoms with E-state index in [0.29, 0.717) is 22.6 Å². The number of thioether (sulfide) groups is 1. The van der Waals surface area contributed by atoms with Crippen LogP contribution in [0.1, 0.15) is 42.8 Å². The van der Waals surface area contributed by atoms with Crippen LogP contribution in [-0.2, 0) is 10.5 Å². The Morgan fingerprint density at radius 2 is 1.76 bits per heavy atom. The van der Waals surface area contributed by atoms with Crippen LogP contribution < -0.4 is 0 Å². The number of ether oxygens (including phenoxy) is 1. The number of para-hydroxylation sites is 1. The topological polar surface area (TPSA) is 71.7 Å². The van der Waals surface area contributed by atoms with E-state index in [2.05, 4.69) is 28.7 Å². The van der Waals surface area contributed by atoms with Crippen LogP contribution in [0.5, 0.6) is 0 Å². The summed E-state index contributed by atoms with van der Waals surface area (Å²) < 4.78 is 12.0. The van der Waals surface area contributed by atoms with E-state index in [-0.39, 0.29) is 18.1 Å². The molecule has 1 amide bonds. The van der Waals surface area contributed by atoms with Gasteiger partial charge in [0.1, 0.15) is 5.58 Å². The number of carbonyl (C=O) groups is 1. The van der Waals surface area contributed by atoms with Crippen molar-refractivity contribution in [2.45, 2.75) is 49.8 Å². The van der Waals surface area contributed by atoms with E-state index in [1.807, 2.05) is 29.2 Å². The quantitative estimate of drug-likeness (QED) is 0.381. The smallest absolute Gasteiger partial charge is 0.289 e. The molecular formula is C26H32N4O3S. The van der Waals surface area contributed by atoms with Crippen LogP contribution in [0.2, 0.25) is 0 Å². The van der Waals surface area contributed by atoms with E-state index < -0.39 is 0 Å². The average molecular weight is 481 g/mol. The standard InChI is InChI=1S/C26H32N4O3S/c1-18-14-29(15-19(2)32-18)16-20-8-12-30(13-9-20)25(31)24-22(17-34-26-27-10-5-11-28-26)21-6-3-4-7-23(21)33-24/h3-7,10-11,18-20H,8-9,12-17H2,1-2H3. The van der Waals surface area contributed by atoms with Gasteiger partial charge in [0, 0.05) is 61.8 Å². The predicted molar refractivity (Wildman–Crippen MR) is 133 cm³/mol. The van der Waals surface area contributed by atoms with E-state index >= 15 is 0 Å². The Hall–Kier alpha value is -2.42. The van der Waals surface area contributed by atoms with Gasteiger partial charge in [-0.25, -0.2) is 9.97 Å². The second kappa shape index (κ2) is 10.5. The Morgan fingerprint density at radius 3 is 2.50 bits per heavy atom. The monoisotopic (exact) mass is 480 g/mol. The molecule has 0 aliphatic carbocycles. The van der Waals surface area contributed by atoms with Gasteiger partial charge in [-0.05, 0) is 44.7 Å². The Labute approximate surface area is 204 Å². The molecule has 2 unspecified atom stereocenters. The molecule has 180 valence electrons. The average Bonchev–Trinajstić information content (AvgIpc) is 3.21. The summed E-state index contributed by atoms with van der Waals surface area (Å²) in [5, 5.41) is 1.68. The molecule has 7 nitrogen and oxygen atoms in total. The molecule has 34 heavy (non-hydrogen) atoms. The number of fused-ring (bicyclic) bond motifs is 1. The van der Waals surface area contributed by atoms with Gasteiger partial charge in [0.05, 0.1) is 12.2 Å². The zero-order valence-electron chi connectivity index (χ0n) is 19.9. The van der Waals surface area contributed by atoms with Crippen LogP contribution in [0, 0.1) is 5.92 Å². The van der Waals surface area contributed by atoms with Crippen molar-refractivity contribution in [1.82, 2.24) is 19.8 Å². The molecule has 2 aromatic heterocycles. The molecule has 0 N–H and O–H groups in total. The molecule has 0 saturated carbocycles. The van der Waals surface area contributed by atoms with Crippen molar-refractivity contribution in [1.29, 1.82) is 0 Å². The highest BCUT2D eigenvalue weighted by molar-refractivity contribution is 7.98. The minimum atomic E-state index is -0.00662. The molecule has 3 aromatic rings. The number of nitrogens with zero attached hydrogens (tertiary/aromatic N) is 4. The molecular weight excluding hydrogens is 448 g/mol. The summed E-state index contributed by atoms with van der Waals surface area (Å²) in [7, 11) is 0. The maximum absolute atomic E-state index is 13.5. The molecule has 2 saturated heterocycles. The summed E-state index contributed by atoms with van der Waals surface area (Å²) in [5.41, 5.74) is 1.68. The summed E-state index contributed by atoms with van der Waals surface area (Å²) in [5.74, 6) is 1.65. The summed E-state index contributed by atoms with van der Waals surface area (Å²) in [6.07, 6.45) is 6.09. The number of piperidine rings is 1. The second-order valence-electron chi connectivity index (χ2n) is 9.44. The number of hydrogen-bond donors (Lipinski definition) is 0. The SMILES string of the molecule is CC1CN(CC2CCN(C(=O)c3oc4ccccc4c3CSc3ncccn3)CC2)CC(C)O1. The van der Waals surface area contributed by atoms with Crippen LogP contribution in [0.15, 0.2) is 52.3 Å². The van der Waals surface area contributed by atoms with Crippen LogP contribution in [-0.4, -0.2) is 70.6 Å². The van der Waals surface area contributed by atoms with E-state index in [1.54, 1.807) is 18.5 Å². The van der Waals surface area contributed by atoms with Crippen molar-refractivity contribution in [3.8, 4) is 0 Å². The predicted octanol–water partition coefficient (Wildman–Crippen LogP) is 4.48. The fourth-order valence-corrected chi connectivity index (χ4v) is 6.00. The van der Waals surface area contributed by atoms with Gasteiger partial charge in [-0.2, -0.15) is 0 Å². The Balaban J connectivity index is 1.25. The number of rotatable bonds is 6. The minimum Gasteiger partial charge on any atom is -0.451 e. The molecule has 1 aromatic carbocycles. The molecule has 2 aliphatic heterocycles. The summed E-state index contributed by atoms with van der Waals surface area (Å²) in [4.78, 5) is 26.6. The zero-order chi connectivity index (χ0) is 23.5. The highest BCUT2D eigenvalue weighted by atomic mass is 32.2. The fourth-order valence-electron chi connectivity index (χ4n) is 5.17. The van der Waals surface area contributed by atoms with Crippen LogP contribution in [0.4, 0.5) is 0 Å². The van der Waals surface area contributed by atoms with E-state index in [1.165, 1.54) is 11.8 Å². The van der Waals surface area contributed by atoms with Crippen molar-refractivity contribution in [2.75, 3.05) is 32.7 Å². The van der Waals surface area contributed by atoms with Crippen molar-refractivity contribution in [3.05, 3.63) is 54.0 Å². The van der Waals surface area contributed by atoms with Gasteiger partial charge in [-0.3, -0.25) is 9.69 Å². The molecule has 5 rings (SSSR count). The maximum Gasteiger partial charge on any atom is 0.289 e. The first-order valence-corrected chi connectivity index (χ1v) is 13.1. The van der Waals surface area contributed by atoms with Gasteiger partial charge >= 0.3 is 0 Å². The lowest BCUT2D eigenvalue weighted by Gasteiger charge is -2.39. The Morgan fingerprint density at radius 1 is 1.06 bits per heavy atom. The Kier molecular flexibility index (Phi) is 7.18. The number of likely N-dealkylation sites (tertiary alicyclic amines) is 1. The number of hydrogen-bond acceptors (Lipinski definition) is 7. The van der Waals surface area contributed by atoms with Crippen molar-refractivity contribution < 1.29 is 13.9 Å². The third-order valence-corrected chi connectivity index (χ3v) is 7.60. The van der Waals surface area contributed by atoms with Gasteiger partial charge in [-0.15, -0.1) is 0 Å². The molecule has 4 heterocycles. The van der Waals surface area contributed by atoms with Crippen LogP contribution in [0.25, 0.3) is 11.0 Å². The van der Waals surface area contributed by atoms with Crippen molar-refractivity contribution in [3.63, 3.8) is 0 Å². The lowest BCUT2D eigenvalue weighted by molar-refractivity contribution is -0.0729. The summed E-state index contributed by atoms with van der Waals surface area (Å²) in [6, 6.07) is 9.67. The van der Waals surface area contributed by atoms with Gasteiger partial charge in [-0.1, -0.05) is 30.0 Å². The lowest BCUT2D eigenvalue weighted by atomic mass is 9.95. The first-order chi connectivity index (χ1) is 16.6. The number of carbonyl (C=O) groups excluding carboxylic acids is 1. The molecule has 2 fully saturated rings. The van der Waals surface area contributed by atoms with Gasteiger partial charge in [0.2, 0.25) is 0 Å². The molecule has 0 bridgehead atoms. The summed E-state index contributed by atoms with van der Waals surface area (Å²) >= 11 is 1.52. The van der Waals surface area contributed by atoms with E-state index in [9.17, 15) is 4.79 Å². The van der Waals surface area contributed by atoms with Crippen molar-refractivity contribution >= 4 is 28.6 Å². The molecule has 8 heteroatoms. The third-order valence-electron chi connectivity index (χ3n) is 6.69. The second-order valence-corrected chi connectivity index (χ2v) is 10.4. The molecule has 0 radical (unpaired) electrons. The number of amides is 1. The van der Waals surface area contributed by atoms with Gasteiger partial charge in [0.25, 0.3) is 5.91 Å². The first-order valence-electron chi connectivity index (χ1n) is 12.1. The van der Waals surface area contributed by atoms with Gasteiger partial charge < -0.3 is 14.1 Å².